The summed E-state index contributed by atoms with van der Waals surface area (Å²) in [6, 6.07) is 3.66. The first-order chi connectivity index (χ1) is 7.31. The average molecular weight is 326 g/mol. The number of carbonyl (C=O) groups excluding carboxylic acids is 1. The molecule has 0 N–H and O–H groups in total. The fourth-order valence-electron chi connectivity index (χ4n) is 1.35. The van der Waals surface area contributed by atoms with E-state index >= 15 is 0 Å². The molecule has 0 aromatic carbocycles. The van der Waals surface area contributed by atoms with E-state index in [0.29, 0.717) is 8.99 Å². The summed E-state index contributed by atoms with van der Waals surface area (Å²) in [5.41, 5.74) is 1.51. The van der Waals surface area contributed by atoms with Crippen LogP contribution in [0.3, 0.4) is 0 Å². The molecule has 0 fully saturated rings. The number of carbonyl (C=O) groups is 1. The quantitative estimate of drug-likeness (QED) is 0.614. The van der Waals surface area contributed by atoms with Gasteiger partial charge in [0.05, 0.1) is 0 Å². The van der Waals surface area contributed by atoms with Gasteiger partial charge >= 0.3 is 107 Å². The zero-order valence-corrected chi connectivity index (χ0v) is 13.3. The number of methoxy groups -OCH3 is 1. The SMILES string of the molecule is COC(=O)c1cc(C)n[c]([Sn][C](C)(C)C)c1. The maximum absolute atomic E-state index is 11.5. The van der Waals surface area contributed by atoms with Crippen LogP contribution in [0.5, 0.6) is 0 Å². The molecule has 16 heavy (non-hydrogen) atoms. The molecule has 2 radical (unpaired) electrons. The van der Waals surface area contributed by atoms with Gasteiger partial charge in [0.1, 0.15) is 0 Å². The van der Waals surface area contributed by atoms with E-state index in [1.54, 1.807) is 6.07 Å². The minimum atomic E-state index is -0.770. The summed E-state index contributed by atoms with van der Waals surface area (Å²) in [5.74, 6) is -0.278. The first-order valence-corrected chi connectivity index (χ1v) is 8.02. The molecule has 0 spiro atoms. The van der Waals surface area contributed by atoms with Crippen molar-refractivity contribution in [2.75, 3.05) is 7.11 Å². The first-order valence-electron chi connectivity index (χ1n) is 5.17. The molecule has 1 heterocycles. The molecule has 0 bridgehead atoms. The summed E-state index contributed by atoms with van der Waals surface area (Å²) in [6.45, 7) is 8.58. The van der Waals surface area contributed by atoms with Crippen molar-refractivity contribution in [2.24, 2.45) is 0 Å². The topological polar surface area (TPSA) is 39.2 Å². The summed E-state index contributed by atoms with van der Waals surface area (Å²) in [6.07, 6.45) is 0. The van der Waals surface area contributed by atoms with E-state index in [0.717, 1.165) is 9.40 Å². The molecule has 1 aromatic heterocycles. The normalized spacial score (nSPS) is 11.3. The molecule has 0 aliphatic carbocycles. The molecular weight excluding hydrogens is 309 g/mol. The van der Waals surface area contributed by atoms with Crippen molar-refractivity contribution in [1.29, 1.82) is 0 Å². The van der Waals surface area contributed by atoms with E-state index in [9.17, 15) is 4.79 Å². The summed E-state index contributed by atoms with van der Waals surface area (Å²) < 4.78 is 6.17. The second kappa shape index (κ2) is 5.17. The molecule has 0 atom stereocenters. The van der Waals surface area contributed by atoms with Gasteiger partial charge in [-0.2, -0.15) is 0 Å². The standard InChI is InChI=1S/C8H8NO2.C4H9.Sn/c1-6-5-7(3-4-9-6)8(10)11-2;1-4(2)3;/h3,5H,1-2H3;1-3H3;. The molecule has 0 saturated heterocycles. The van der Waals surface area contributed by atoms with Gasteiger partial charge in [0.2, 0.25) is 0 Å². The van der Waals surface area contributed by atoms with Gasteiger partial charge < -0.3 is 0 Å². The molecule has 1 rings (SSSR count). The van der Waals surface area contributed by atoms with Crippen LogP contribution in [0.25, 0.3) is 0 Å². The Hall–Kier alpha value is -0.581. The van der Waals surface area contributed by atoms with Crippen LogP contribution in [-0.2, 0) is 4.74 Å². The third kappa shape index (κ3) is 4.12. The minimum absolute atomic E-state index is 0.278. The Balaban J connectivity index is 3.03. The predicted molar refractivity (Wildman–Crippen MR) is 65.4 cm³/mol. The van der Waals surface area contributed by atoms with Gasteiger partial charge in [0, 0.05) is 0 Å². The van der Waals surface area contributed by atoms with Crippen molar-refractivity contribution in [2.45, 2.75) is 31.1 Å². The van der Waals surface area contributed by atoms with Gasteiger partial charge in [-0.3, -0.25) is 0 Å². The summed E-state index contributed by atoms with van der Waals surface area (Å²) in [4.78, 5) is 16.0. The summed E-state index contributed by atoms with van der Waals surface area (Å²) >= 11 is -0.770. The van der Waals surface area contributed by atoms with Crippen molar-refractivity contribution >= 4 is 30.8 Å². The number of esters is 1. The van der Waals surface area contributed by atoms with Crippen LogP contribution in [0, 0.1) is 6.92 Å². The zero-order valence-electron chi connectivity index (χ0n) is 10.4. The number of aromatic nitrogens is 1. The van der Waals surface area contributed by atoms with Gasteiger partial charge in [-0.05, 0) is 0 Å². The molecule has 3 nitrogen and oxygen atoms in total. The molecule has 0 saturated carbocycles. The number of aryl methyl sites for hydroxylation is 1. The van der Waals surface area contributed by atoms with Crippen LogP contribution in [0.15, 0.2) is 12.1 Å². The van der Waals surface area contributed by atoms with Crippen LogP contribution >= 0.6 is 0 Å². The van der Waals surface area contributed by atoms with Crippen LogP contribution < -0.4 is 3.71 Å². The number of hydrogen-bond acceptors (Lipinski definition) is 3. The Kier molecular flexibility index (Phi) is 4.35. The molecule has 0 aliphatic heterocycles. The Bertz CT molecular complexity index is 396. The number of ether oxygens (including phenoxy) is 1. The van der Waals surface area contributed by atoms with Crippen LogP contribution in [0.1, 0.15) is 36.8 Å². The molecule has 0 amide bonds. The van der Waals surface area contributed by atoms with Crippen LogP contribution in [0.2, 0.25) is 3.43 Å². The van der Waals surface area contributed by atoms with E-state index in [1.807, 2.05) is 13.0 Å². The molecule has 86 valence electrons. The van der Waals surface area contributed by atoms with E-state index in [4.69, 9.17) is 4.74 Å². The van der Waals surface area contributed by atoms with E-state index in [2.05, 4.69) is 25.8 Å². The Morgan fingerprint density at radius 2 is 2.00 bits per heavy atom. The van der Waals surface area contributed by atoms with Crippen LogP contribution in [-0.4, -0.2) is 39.2 Å². The van der Waals surface area contributed by atoms with Gasteiger partial charge in [-0.15, -0.1) is 0 Å². The molecule has 0 unspecified atom stereocenters. The predicted octanol–water partition coefficient (Wildman–Crippen LogP) is 1.72. The fourth-order valence-corrected chi connectivity index (χ4v) is 4.86. The Morgan fingerprint density at radius 3 is 2.50 bits per heavy atom. The van der Waals surface area contributed by atoms with Gasteiger partial charge in [-0.1, -0.05) is 0 Å². The fraction of sp³-hybridized carbons (Fsp3) is 0.500. The van der Waals surface area contributed by atoms with Crippen molar-refractivity contribution in [1.82, 2.24) is 4.98 Å². The average Bonchev–Trinajstić information content (AvgIpc) is 2.12. The number of nitrogens with zero attached hydrogens (tertiary/aromatic N) is 1. The van der Waals surface area contributed by atoms with Gasteiger partial charge in [0.15, 0.2) is 0 Å². The summed E-state index contributed by atoms with van der Waals surface area (Å²) in [7, 11) is 1.40. The molecule has 0 aliphatic rings. The molecule has 1 aromatic rings. The van der Waals surface area contributed by atoms with E-state index in [1.165, 1.54) is 7.11 Å². The second-order valence-corrected chi connectivity index (χ2v) is 11.2. The monoisotopic (exact) mass is 327 g/mol. The maximum atomic E-state index is 11.5. The summed E-state index contributed by atoms with van der Waals surface area (Å²) in [5, 5.41) is 0. The van der Waals surface area contributed by atoms with E-state index in [-0.39, 0.29) is 5.97 Å². The first kappa shape index (κ1) is 13.5. The third-order valence-electron chi connectivity index (χ3n) is 1.88. The molecular formula is C12H17NO2Sn. The van der Waals surface area contributed by atoms with Crippen molar-refractivity contribution < 1.29 is 9.53 Å². The van der Waals surface area contributed by atoms with Crippen molar-refractivity contribution in [3.8, 4) is 0 Å². The molecule has 4 heteroatoms. The van der Waals surface area contributed by atoms with Crippen molar-refractivity contribution in [3.63, 3.8) is 0 Å². The van der Waals surface area contributed by atoms with Crippen molar-refractivity contribution in [3.05, 3.63) is 23.4 Å². The Morgan fingerprint density at radius 1 is 1.38 bits per heavy atom. The zero-order chi connectivity index (χ0) is 12.3. The van der Waals surface area contributed by atoms with Crippen LogP contribution in [0.4, 0.5) is 0 Å². The number of hydrogen-bond donors (Lipinski definition) is 0. The van der Waals surface area contributed by atoms with E-state index < -0.39 is 21.1 Å². The third-order valence-corrected chi connectivity index (χ3v) is 5.48. The Labute approximate surface area is 107 Å². The number of rotatable bonds is 2. The number of pyridine rings is 1. The van der Waals surface area contributed by atoms with Gasteiger partial charge in [-0.25, -0.2) is 0 Å². The second-order valence-electron chi connectivity index (χ2n) is 4.75. The van der Waals surface area contributed by atoms with Gasteiger partial charge in [0.25, 0.3) is 0 Å².